The van der Waals surface area contributed by atoms with Crippen molar-refractivity contribution in [1.29, 1.82) is 0 Å². The fourth-order valence-corrected chi connectivity index (χ4v) is 2.08. The molecular formula is C13H21NO. The normalized spacial score (nSPS) is 16.7. The number of aliphatic imine (C=N–C) groups is 1. The van der Waals surface area contributed by atoms with Gasteiger partial charge in [0, 0.05) is 35.6 Å². The molecule has 0 fully saturated rings. The zero-order chi connectivity index (χ0) is 11.7. The molecule has 1 aliphatic heterocycles. The number of hydrogen-bond acceptors (Lipinski definition) is 2. The van der Waals surface area contributed by atoms with Crippen LogP contribution in [0.4, 0.5) is 0 Å². The molecule has 0 saturated heterocycles. The van der Waals surface area contributed by atoms with Crippen molar-refractivity contribution in [2.45, 2.75) is 47.5 Å². The summed E-state index contributed by atoms with van der Waals surface area (Å²) in [6.07, 6.45) is 5.65. The minimum Gasteiger partial charge on any atom is -0.299 e. The number of ketones is 1. The molecule has 0 spiro atoms. The molecule has 0 amide bonds. The van der Waals surface area contributed by atoms with Gasteiger partial charge in [-0.15, -0.1) is 0 Å². The van der Waals surface area contributed by atoms with Gasteiger partial charge in [-0.3, -0.25) is 9.79 Å². The Morgan fingerprint density at radius 3 is 2.33 bits per heavy atom. The molecule has 0 radical (unpaired) electrons. The van der Waals surface area contributed by atoms with Crippen LogP contribution in [-0.4, -0.2) is 12.0 Å². The van der Waals surface area contributed by atoms with Crippen molar-refractivity contribution in [3.05, 3.63) is 11.8 Å². The maximum atomic E-state index is 12.2. The van der Waals surface area contributed by atoms with Crippen LogP contribution in [0.15, 0.2) is 16.8 Å². The van der Waals surface area contributed by atoms with Gasteiger partial charge in [-0.05, 0) is 0 Å². The molecule has 1 rings (SSSR count). The van der Waals surface area contributed by atoms with Crippen LogP contribution < -0.4 is 0 Å². The Balaban J connectivity index is 2.74. The molecule has 0 unspecified atom stereocenters. The first-order valence-corrected chi connectivity index (χ1v) is 5.50. The summed E-state index contributed by atoms with van der Waals surface area (Å²) in [5.74, 6) is 0.304. The highest BCUT2D eigenvalue weighted by Gasteiger charge is 2.36. The number of carbonyl (C=O) groups is 1. The monoisotopic (exact) mass is 207 g/mol. The molecule has 15 heavy (non-hydrogen) atoms. The number of hydrogen-bond donors (Lipinski definition) is 0. The molecule has 0 aliphatic carbocycles. The van der Waals surface area contributed by atoms with Crippen LogP contribution in [-0.2, 0) is 4.79 Å². The predicted octanol–water partition coefficient (Wildman–Crippen LogP) is 3.38. The summed E-state index contributed by atoms with van der Waals surface area (Å²) in [5, 5.41) is 0. The summed E-state index contributed by atoms with van der Waals surface area (Å²) in [4.78, 5) is 16.5. The summed E-state index contributed by atoms with van der Waals surface area (Å²) in [7, 11) is 0. The molecule has 1 heterocycles. The molecule has 2 heteroatoms. The molecule has 0 bridgehead atoms. The van der Waals surface area contributed by atoms with Crippen molar-refractivity contribution in [2.75, 3.05) is 0 Å². The average Bonchev–Trinajstić information content (AvgIpc) is 2.53. The van der Waals surface area contributed by atoms with Crippen molar-refractivity contribution in [3.8, 4) is 0 Å². The van der Waals surface area contributed by atoms with E-state index in [1.54, 1.807) is 0 Å². The predicted molar refractivity (Wildman–Crippen MR) is 64.1 cm³/mol. The van der Waals surface area contributed by atoms with Gasteiger partial charge < -0.3 is 0 Å². The largest absolute Gasteiger partial charge is 0.299 e. The number of carbonyl (C=O) groups excluding carboxylic acids is 1. The van der Waals surface area contributed by atoms with E-state index < -0.39 is 0 Å². The zero-order valence-corrected chi connectivity index (χ0v) is 10.4. The molecule has 0 atom stereocenters. The number of allylic oxidation sites excluding steroid dienone is 2. The zero-order valence-electron chi connectivity index (χ0n) is 10.4. The van der Waals surface area contributed by atoms with E-state index in [0.717, 1.165) is 18.5 Å². The van der Waals surface area contributed by atoms with Crippen molar-refractivity contribution in [2.24, 2.45) is 15.8 Å². The minimum absolute atomic E-state index is 0.271. The molecule has 1 aliphatic rings. The van der Waals surface area contributed by atoms with E-state index >= 15 is 0 Å². The van der Waals surface area contributed by atoms with Crippen LogP contribution in [0.3, 0.4) is 0 Å². The van der Waals surface area contributed by atoms with Gasteiger partial charge in [-0.25, -0.2) is 0 Å². The van der Waals surface area contributed by atoms with Gasteiger partial charge in [0.15, 0.2) is 0 Å². The Hall–Kier alpha value is -0.920. The maximum absolute atomic E-state index is 12.2. The smallest absolute Gasteiger partial charge is 0.144 e. The third-order valence-electron chi connectivity index (χ3n) is 2.63. The van der Waals surface area contributed by atoms with E-state index in [1.807, 2.05) is 40.8 Å². The summed E-state index contributed by atoms with van der Waals surface area (Å²) >= 11 is 0. The molecule has 0 saturated carbocycles. The lowest BCUT2D eigenvalue weighted by molar-refractivity contribution is -0.134. The Morgan fingerprint density at radius 1 is 1.33 bits per heavy atom. The summed E-state index contributed by atoms with van der Waals surface area (Å²) in [5.41, 5.74) is 0.468. The molecule has 2 nitrogen and oxygen atoms in total. The first-order chi connectivity index (χ1) is 6.73. The van der Waals surface area contributed by atoms with Crippen LogP contribution in [0, 0.1) is 10.8 Å². The summed E-state index contributed by atoms with van der Waals surface area (Å²) < 4.78 is 0. The summed E-state index contributed by atoms with van der Waals surface area (Å²) in [6.45, 7) is 9.95. The van der Waals surface area contributed by atoms with Crippen molar-refractivity contribution >= 4 is 12.0 Å². The second kappa shape index (κ2) is 3.92. The van der Waals surface area contributed by atoms with Gasteiger partial charge in [0.1, 0.15) is 5.78 Å². The molecule has 0 aromatic heterocycles. The first-order valence-electron chi connectivity index (χ1n) is 5.50. The molecular weight excluding hydrogens is 186 g/mol. The van der Waals surface area contributed by atoms with E-state index in [4.69, 9.17) is 0 Å². The van der Waals surface area contributed by atoms with Gasteiger partial charge in [0.2, 0.25) is 0 Å². The summed E-state index contributed by atoms with van der Waals surface area (Å²) in [6, 6.07) is 0. The fraction of sp³-hybridized carbons (Fsp3) is 0.692. The molecule has 0 N–H and O–H groups in total. The number of rotatable bonds is 3. The molecule has 84 valence electrons. The second-order valence-corrected chi connectivity index (χ2v) is 5.88. The lowest BCUT2D eigenvalue weighted by Crippen LogP contribution is -2.35. The quantitative estimate of drug-likeness (QED) is 0.697. The van der Waals surface area contributed by atoms with Gasteiger partial charge >= 0.3 is 0 Å². The van der Waals surface area contributed by atoms with E-state index in [1.165, 1.54) is 0 Å². The lowest BCUT2D eigenvalue weighted by atomic mass is 9.72. The van der Waals surface area contributed by atoms with Crippen LogP contribution in [0.2, 0.25) is 0 Å². The standard InChI is InChI=1S/C13H21NO/c1-12(2,3)11(15)13(4,5)9-10-7-6-8-14-10/h7-8H,6,9H2,1-5H3. The van der Waals surface area contributed by atoms with E-state index in [-0.39, 0.29) is 10.8 Å². The minimum atomic E-state index is -0.314. The van der Waals surface area contributed by atoms with E-state index in [2.05, 4.69) is 11.1 Å². The van der Waals surface area contributed by atoms with Crippen LogP contribution in [0.25, 0.3) is 0 Å². The highest BCUT2D eigenvalue weighted by atomic mass is 16.1. The van der Waals surface area contributed by atoms with E-state index in [9.17, 15) is 4.79 Å². The fourth-order valence-electron chi connectivity index (χ4n) is 2.08. The van der Waals surface area contributed by atoms with Gasteiger partial charge in [0.05, 0.1) is 0 Å². The number of nitrogens with zero attached hydrogens (tertiary/aromatic N) is 1. The number of Topliss-reactive ketones (excluding diaryl/α,β-unsaturated/α-hetero) is 1. The van der Waals surface area contributed by atoms with Crippen LogP contribution in [0.1, 0.15) is 47.5 Å². The Bertz CT molecular complexity index is 316. The van der Waals surface area contributed by atoms with Crippen molar-refractivity contribution in [3.63, 3.8) is 0 Å². The lowest BCUT2D eigenvalue weighted by Gasteiger charge is -2.30. The molecule has 0 aromatic rings. The first kappa shape index (κ1) is 12.2. The SMILES string of the molecule is CC(C)(C)C(=O)C(C)(C)CC1=CCC=N1. The Kier molecular flexibility index (Phi) is 3.17. The van der Waals surface area contributed by atoms with Gasteiger partial charge in [-0.2, -0.15) is 0 Å². The highest BCUT2D eigenvalue weighted by molar-refractivity contribution is 5.89. The molecule has 0 aromatic carbocycles. The maximum Gasteiger partial charge on any atom is 0.144 e. The van der Waals surface area contributed by atoms with Crippen LogP contribution >= 0.6 is 0 Å². The average molecular weight is 207 g/mol. The third-order valence-corrected chi connectivity index (χ3v) is 2.63. The van der Waals surface area contributed by atoms with Gasteiger partial charge in [-0.1, -0.05) is 40.7 Å². The highest BCUT2D eigenvalue weighted by Crippen LogP contribution is 2.35. The second-order valence-electron chi connectivity index (χ2n) is 5.88. The van der Waals surface area contributed by atoms with Crippen molar-refractivity contribution in [1.82, 2.24) is 0 Å². The van der Waals surface area contributed by atoms with Crippen molar-refractivity contribution < 1.29 is 4.79 Å². The third kappa shape index (κ3) is 3.01. The topological polar surface area (TPSA) is 29.4 Å². The van der Waals surface area contributed by atoms with Crippen LogP contribution in [0.5, 0.6) is 0 Å². The van der Waals surface area contributed by atoms with Gasteiger partial charge in [0.25, 0.3) is 0 Å². The Labute approximate surface area is 92.5 Å². The van der Waals surface area contributed by atoms with E-state index in [0.29, 0.717) is 5.78 Å². The Morgan fingerprint density at radius 2 is 1.93 bits per heavy atom.